The maximum atomic E-state index is 13.0. The van der Waals surface area contributed by atoms with Crippen LogP contribution in [-0.4, -0.2) is 55.2 Å². The second kappa shape index (κ2) is 9.45. The first-order valence-electron chi connectivity index (χ1n) is 9.96. The average molecular weight is 425 g/mol. The second-order valence-electron chi connectivity index (χ2n) is 9.09. The molecule has 1 saturated heterocycles. The molecule has 1 aromatic rings. The zero-order valence-corrected chi connectivity index (χ0v) is 19.1. The Kier molecular flexibility index (Phi) is 7.71. The molecule has 6 nitrogen and oxygen atoms in total. The molecular weight excluding hydrogens is 392 g/mol. The molecule has 1 N–H and O–H groups in total. The van der Waals surface area contributed by atoms with Crippen LogP contribution in [0.25, 0.3) is 0 Å². The molecule has 1 fully saturated rings. The number of carbonyl (C=O) groups is 2. The first-order chi connectivity index (χ1) is 13.4. The van der Waals surface area contributed by atoms with Crippen LogP contribution >= 0.6 is 11.6 Å². The lowest BCUT2D eigenvalue weighted by molar-refractivity contribution is -0.157. The van der Waals surface area contributed by atoms with Crippen LogP contribution in [0.5, 0.6) is 0 Å². The zero-order chi connectivity index (χ0) is 21.8. The van der Waals surface area contributed by atoms with Gasteiger partial charge in [0.2, 0.25) is 5.91 Å². The van der Waals surface area contributed by atoms with Crippen LogP contribution in [0.3, 0.4) is 0 Å². The van der Waals surface area contributed by atoms with Gasteiger partial charge < -0.3 is 14.8 Å². The fraction of sp³-hybridized carbons (Fsp3) is 0.636. The van der Waals surface area contributed by atoms with E-state index < -0.39 is 11.5 Å². The number of rotatable bonds is 8. The molecule has 1 unspecified atom stereocenters. The molecule has 1 heterocycles. The lowest BCUT2D eigenvalue weighted by atomic mass is 9.85. The van der Waals surface area contributed by atoms with Crippen LogP contribution in [0.1, 0.15) is 45.6 Å². The predicted octanol–water partition coefficient (Wildman–Crippen LogP) is 4.05. The molecule has 162 valence electrons. The van der Waals surface area contributed by atoms with Crippen molar-refractivity contribution in [3.63, 3.8) is 0 Å². The topological polar surface area (TPSA) is 67.9 Å². The van der Waals surface area contributed by atoms with Gasteiger partial charge in [-0.3, -0.25) is 14.5 Å². The van der Waals surface area contributed by atoms with E-state index in [2.05, 4.69) is 10.2 Å². The van der Waals surface area contributed by atoms with Gasteiger partial charge in [0, 0.05) is 16.6 Å². The summed E-state index contributed by atoms with van der Waals surface area (Å²) in [6.45, 7) is 8.62. The Morgan fingerprint density at radius 3 is 2.45 bits per heavy atom. The number of amides is 1. The van der Waals surface area contributed by atoms with Crippen molar-refractivity contribution in [2.75, 3.05) is 32.6 Å². The Morgan fingerprint density at radius 2 is 1.97 bits per heavy atom. The number of halogens is 1. The van der Waals surface area contributed by atoms with Gasteiger partial charge in [0.25, 0.3) is 0 Å². The van der Waals surface area contributed by atoms with Crippen LogP contribution in [0.15, 0.2) is 18.2 Å². The number of likely N-dealkylation sites (N-methyl/N-ethyl adjacent to an activating group) is 1. The van der Waals surface area contributed by atoms with Crippen LogP contribution < -0.4 is 5.32 Å². The highest BCUT2D eigenvalue weighted by Gasteiger charge is 2.41. The van der Waals surface area contributed by atoms with Crippen LogP contribution in [0.2, 0.25) is 5.02 Å². The van der Waals surface area contributed by atoms with Gasteiger partial charge in [-0.1, -0.05) is 11.6 Å². The number of nitrogens with one attached hydrogen (secondary N) is 1. The highest BCUT2D eigenvalue weighted by molar-refractivity contribution is 6.31. The number of aryl methyl sites for hydroxylation is 1. The van der Waals surface area contributed by atoms with Crippen molar-refractivity contribution in [3.8, 4) is 0 Å². The minimum atomic E-state index is -0.585. The third-order valence-corrected chi connectivity index (χ3v) is 5.70. The maximum Gasteiger partial charge on any atom is 0.307 e. The third-order valence-electron chi connectivity index (χ3n) is 5.28. The van der Waals surface area contributed by atoms with Gasteiger partial charge in [0.15, 0.2) is 0 Å². The van der Waals surface area contributed by atoms with Gasteiger partial charge in [-0.05, 0) is 78.4 Å². The van der Waals surface area contributed by atoms with Gasteiger partial charge in [0.1, 0.15) is 5.60 Å². The number of anilines is 1. The Morgan fingerprint density at radius 1 is 1.31 bits per heavy atom. The molecule has 1 aliphatic heterocycles. The maximum absolute atomic E-state index is 13.0. The zero-order valence-electron chi connectivity index (χ0n) is 18.3. The summed E-state index contributed by atoms with van der Waals surface area (Å²) >= 11 is 6.07. The van der Waals surface area contributed by atoms with E-state index in [4.69, 9.17) is 21.1 Å². The molecule has 0 saturated carbocycles. The SMILES string of the molecule is Cc1cc(NC(=O)C(CCC2(N(C)C)COC2)CC(=O)OC(C)(C)C)ccc1Cl. The van der Waals surface area contributed by atoms with E-state index in [1.807, 2.05) is 47.9 Å². The molecule has 1 aliphatic rings. The third kappa shape index (κ3) is 6.69. The largest absolute Gasteiger partial charge is 0.460 e. The lowest BCUT2D eigenvalue weighted by Crippen LogP contribution is -2.59. The lowest BCUT2D eigenvalue weighted by Gasteiger charge is -2.47. The molecule has 1 atom stereocenters. The van der Waals surface area contributed by atoms with Crippen molar-refractivity contribution in [1.29, 1.82) is 0 Å². The number of nitrogens with zero attached hydrogens (tertiary/aromatic N) is 1. The molecule has 0 aliphatic carbocycles. The number of ether oxygens (including phenoxy) is 2. The predicted molar refractivity (Wildman–Crippen MR) is 115 cm³/mol. The highest BCUT2D eigenvalue weighted by atomic mass is 35.5. The van der Waals surface area contributed by atoms with Crippen molar-refractivity contribution in [1.82, 2.24) is 4.90 Å². The quantitative estimate of drug-likeness (QED) is 0.637. The van der Waals surface area contributed by atoms with Crippen LogP contribution in [-0.2, 0) is 19.1 Å². The molecular formula is C22H33ClN2O4. The molecule has 1 amide bonds. The summed E-state index contributed by atoms with van der Waals surface area (Å²) in [5.41, 5.74) is 0.883. The van der Waals surface area contributed by atoms with Gasteiger partial charge in [-0.15, -0.1) is 0 Å². The number of hydrogen-bond donors (Lipinski definition) is 1. The average Bonchev–Trinajstić information content (AvgIpc) is 2.54. The van der Waals surface area contributed by atoms with Gasteiger partial charge >= 0.3 is 5.97 Å². The van der Waals surface area contributed by atoms with E-state index in [1.54, 1.807) is 12.1 Å². The Bertz CT molecular complexity index is 739. The molecule has 0 bridgehead atoms. The summed E-state index contributed by atoms with van der Waals surface area (Å²) in [7, 11) is 4.03. The van der Waals surface area contributed by atoms with Crippen LogP contribution in [0.4, 0.5) is 5.69 Å². The van der Waals surface area contributed by atoms with Gasteiger partial charge in [-0.25, -0.2) is 0 Å². The van der Waals surface area contributed by atoms with E-state index in [9.17, 15) is 9.59 Å². The monoisotopic (exact) mass is 424 g/mol. The van der Waals surface area contributed by atoms with Gasteiger partial charge in [0.05, 0.1) is 25.2 Å². The molecule has 2 rings (SSSR count). The number of hydrogen-bond acceptors (Lipinski definition) is 5. The molecule has 7 heteroatoms. The first kappa shape index (κ1) is 23.6. The summed E-state index contributed by atoms with van der Waals surface area (Å²) in [6, 6.07) is 5.34. The fourth-order valence-electron chi connectivity index (χ4n) is 3.28. The first-order valence-corrected chi connectivity index (χ1v) is 10.3. The number of esters is 1. The Balaban J connectivity index is 2.10. The van der Waals surface area contributed by atoms with E-state index in [0.29, 0.717) is 30.3 Å². The van der Waals surface area contributed by atoms with Crippen LogP contribution in [0, 0.1) is 12.8 Å². The van der Waals surface area contributed by atoms with Crippen molar-refractivity contribution in [2.45, 2.75) is 58.1 Å². The number of benzene rings is 1. The molecule has 0 spiro atoms. The van der Waals surface area contributed by atoms with Crippen molar-refractivity contribution < 1.29 is 19.1 Å². The summed E-state index contributed by atoms with van der Waals surface area (Å²) in [5.74, 6) is -1.04. The fourth-order valence-corrected chi connectivity index (χ4v) is 3.40. The van der Waals surface area contributed by atoms with Crippen molar-refractivity contribution in [3.05, 3.63) is 28.8 Å². The van der Waals surface area contributed by atoms with Crippen molar-refractivity contribution >= 4 is 29.2 Å². The van der Waals surface area contributed by atoms with Gasteiger partial charge in [-0.2, -0.15) is 0 Å². The van der Waals surface area contributed by atoms with Crippen molar-refractivity contribution in [2.24, 2.45) is 5.92 Å². The summed E-state index contributed by atoms with van der Waals surface area (Å²) < 4.78 is 10.9. The van der Waals surface area contributed by atoms with E-state index in [-0.39, 0.29) is 23.8 Å². The highest BCUT2D eigenvalue weighted by Crippen LogP contribution is 2.31. The Hall–Kier alpha value is -1.63. The normalized spacial score (nSPS) is 16.8. The molecule has 0 aromatic heterocycles. The summed E-state index contributed by atoms with van der Waals surface area (Å²) in [4.78, 5) is 27.6. The smallest absolute Gasteiger partial charge is 0.307 e. The van der Waals surface area contributed by atoms with E-state index in [1.165, 1.54) is 0 Å². The van der Waals surface area contributed by atoms with E-state index >= 15 is 0 Å². The molecule has 29 heavy (non-hydrogen) atoms. The Labute approximate surface area is 178 Å². The summed E-state index contributed by atoms with van der Waals surface area (Å²) in [6.07, 6.45) is 1.37. The minimum Gasteiger partial charge on any atom is -0.460 e. The standard InChI is InChI=1S/C22H33ClN2O4/c1-15-11-17(7-8-18(15)23)24-20(27)16(12-19(26)29-21(2,3)4)9-10-22(25(5)6)13-28-14-22/h7-8,11,16H,9-10,12-14H2,1-6H3,(H,24,27). The second-order valence-corrected chi connectivity index (χ2v) is 9.50. The number of carbonyl (C=O) groups excluding carboxylic acids is 2. The minimum absolute atomic E-state index is 0.0417. The summed E-state index contributed by atoms with van der Waals surface area (Å²) in [5, 5.41) is 3.57. The van der Waals surface area contributed by atoms with E-state index in [0.717, 1.165) is 12.0 Å². The molecule has 0 radical (unpaired) electrons. The molecule has 1 aromatic carbocycles.